The molecule has 0 N–H and O–H groups in total. The number of aromatic nitrogens is 2. The molecule has 0 unspecified atom stereocenters. The predicted molar refractivity (Wildman–Crippen MR) is 43.3 cm³/mol. The molecule has 5 heteroatoms. The maximum absolute atomic E-state index is 4.85. The molecule has 0 aromatic carbocycles. The lowest BCUT2D eigenvalue weighted by molar-refractivity contribution is 0.184. The largest absolute Gasteiger partial charge is 0.377 e. The van der Waals surface area contributed by atoms with Gasteiger partial charge in [0.25, 0.3) is 0 Å². The van der Waals surface area contributed by atoms with E-state index in [-0.39, 0.29) is 0 Å². The first-order chi connectivity index (χ1) is 4.33. The van der Waals surface area contributed by atoms with E-state index in [4.69, 9.17) is 4.74 Å². The minimum Gasteiger partial charge on any atom is -0.377 e. The van der Waals surface area contributed by atoms with Crippen LogP contribution in [0.2, 0.25) is 0 Å². The molecule has 9 heavy (non-hydrogen) atoms. The Morgan fingerprint density at radius 2 is 2.56 bits per heavy atom. The normalized spacial score (nSPS) is 10.0. The van der Waals surface area contributed by atoms with Gasteiger partial charge in [-0.3, -0.25) is 0 Å². The summed E-state index contributed by atoms with van der Waals surface area (Å²) in [6.07, 6.45) is 0. The number of ether oxygens (including phenoxy) is 1. The van der Waals surface area contributed by atoms with Gasteiger partial charge in [0.2, 0.25) is 3.83 Å². The summed E-state index contributed by atoms with van der Waals surface area (Å²) in [7, 11) is 1.65. The first kappa shape index (κ1) is 7.36. The molecule has 0 aliphatic rings. The van der Waals surface area contributed by atoms with E-state index in [0.717, 1.165) is 8.84 Å². The van der Waals surface area contributed by atoms with Crippen molar-refractivity contribution in [3.63, 3.8) is 0 Å². The third-order valence-corrected chi connectivity index (χ3v) is 2.21. The van der Waals surface area contributed by atoms with Gasteiger partial charge in [-0.05, 0) is 11.5 Å². The zero-order valence-electron chi connectivity index (χ0n) is 4.80. The van der Waals surface area contributed by atoms with Crippen LogP contribution in [0.5, 0.6) is 0 Å². The van der Waals surface area contributed by atoms with E-state index in [2.05, 4.69) is 31.9 Å². The lowest BCUT2D eigenvalue weighted by Crippen LogP contribution is -1.84. The van der Waals surface area contributed by atoms with Crippen LogP contribution >= 0.6 is 34.1 Å². The average Bonchev–Trinajstić information content (AvgIpc) is 2.17. The summed E-state index contributed by atoms with van der Waals surface area (Å²) in [5, 5.41) is 0.932. The molecule has 0 bridgehead atoms. The molecule has 0 saturated carbocycles. The summed E-state index contributed by atoms with van der Waals surface area (Å²) >= 11 is 3.45. The van der Waals surface area contributed by atoms with Gasteiger partial charge in [0, 0.05) is 29.7 Å². The summed E-state index contributed by atoms with van der Waals surface area (Å²) < 4.78 is 9.61. The third kappa shape index (κ3) is 2.15. The lowest BCUT2D eigenvalue weighted by atomic mass is 10.8. The number of halogens is 1. The fourth-order valence-corrected chi connectivity index (χ4v) is 1.69. The number of hydrogen-bond donors (Lipinski definition) is 0. The van der Waals surface area contributed by atoms with E-state index in [1.54, 1.807) is 7.11 Å². The van der Waals surface area contributed by atoms with Crippen molar-refractivity contribution in [3.8, 4) is 0 Å². The van der Waals surface area contributed by atoms with Crippen molar-refractivity contribution in [3.05, 3.63) is 8.84 Å². The summed E-state index contributed by atoms with van der Waals surface area (Å²) in [5.41, 5.74) is 0. The Morgan fingerprint density at radius 3 is 3.00 bits per heavy atom. The molecule has 0 saturated heterocycles. The van der Waals surface area contributed by atoms with Gasteiger partial charge in [-0.15, -0.1) is 0 Å². The van der Waals surface area contributed by atoms with Crippen molar-refractivity contribution in [2.45, 2.75) is 6.61 Å². The smallest absolute Gasteiger partial charge is 0.203 e. The number of nitrogens with zero attached hydrogens (tertiary/aromatic N) is 2. The van der Waals surface area contributed by atoms with E-state index >= 15 is 0 Å². The second-order valence-corrected chi connectivity index (χ2v) is 3.19. The van der Waals surface area contributed by atoms with Gasteiger partial charge in [0.15, 0.2) is 0 Å². The fraction of sp³-hybridized carbons (Fsp3) is 0.500. The Balaban J connectivity index is 2.61. The summed E-state index contributed by atoms with van der Waals surface area (Å²) in [6.45, 7) is 0.570. The van der Waals surface area contributed by atoms with Gasteiger partial charge in [0.1, 0.15) is 5.01 Å². The molecule has 1 aromatic rings. The van der Waals surface area contributed by atoms with Gasteiger partial charge in [-0.25, -0.2) is 4.98 Å². The molecule has 1 aromatic heterocycles. The fourth-order valence-electron chi connectivity index (χ4n) is 0.416. The number of hydrogen-bond acceptors (Lipinski definition) is 4. The molecular formula is C4H5IN2OS. The minimum atomic E-state index is 0.570. The van der Waals surface area contributed by atoms with Crippen molar-refractivity contribution in [2.24, 2.45) is 0 Å². The van der Waals surface area contributed by atoms with Crippen LogP contribution in [0.25, 0.3) is 0 Å². The highest BCUT2D eigenvalue weighted by Crippen LogP contribution is 2.06. The minimum absolute atomic E-state index is 0.570. The average molecular weight is 256 g/mol. The SMILES string of the molecule is COCc1nc(I)ns1. The predicted octanol–water partition coefficient (Wildman–Crippen LogP) is 1.29. The highest BCUT2D eigenvalue weighted by molar-refractivity contribution is 14.1. The molecule has 1 rings (SSSR count). The molecule has 0 aliphatic carbocycles. The molecule has 0 spiro atoms. The standard InChI is InChI=1S/C4H5IN2OS/c1-8-2-3-6-4(5)7-9-3/h2H2,1H3. The first-order valence-corrected chi connectivity index (χ1v) is 4.15. The van der Waals surface area contributed by atoms with Crippen LogP contribution in [0.15, 0.2) is 0 Å². The molecule has 3 nitrogen and oxygen atoms in total. The van der Waals surface area contributed by atoms with Gasteiger partial charge in [-0.1, -0.05) is 0 Å². The van der Waals surface area contributed by atoms with Crippen molar-refractivity contribution in [1.29, 1.82) is 0 Å². The van der Waals surface area contributed by atoms with E-state index in [0.29, 0.717) is 6.61 Å². The van der Waals surface area contributed by atoms with E-state index in [1.807, 2.05) is 0 Å². The monoisotopic (exact) mass is 256 g/mol. The zero-order valence-corrected chi connectivity index (χ0v) is 7.77. The highest BCUT2D eigenvalue weighted by Gasteiger charge is 1.97. The van der Waals surface area contributed by atoms with Crippen LogP contribution in [0.4, 0.5) is 0 Å². The van der Waals surface area contributed by atoms with Crippen molar-refractivity contribution >= 4 is 34.1 Å². The van der Waals surface area contributed by atoms with Crippen LogP contribution < -0.4 is 0 Å². The van der Waals surface area contributed by atoms with E-state index in [9.17, 15) is 0 Å². The lowest BCUT2D eigenvalue weighted by Gasteiger charge is -1.86. The van der Waals surface area contributed by atoms with E-state index < -0.39 is 0 Å². The Morgan fingerprint density at radius 1 is 1.78 bits per heavy atom. The number of methoxy groups -OCH3 is 1. The Bertz CT molecular complexity index is 190. The van der Waals surface area contributed by atoms with Crippen molar-refractivity contribution in [2.75, 3.05) is 7.11 Å². The number of rotatable bonds is 2. The summed E-state index contributed by atoms with van der Waals surface area (Å²) in [5.74, 6) is 0. The van der Waals surface area contributed by atoms with Crippen LogP contribution in [-0.4, -0.2) is 16.5 Å². The summed E-state index contributed by atoms with van der Waals surface area (Å²) in [4.78, 5) is 4.07. The first-order valence-electron chi connectivity index (χ1n) is 2.30. The molecule has 0 fully saturated rings. The maximum Gasteiger partial charge on any atom is 0.203 e. The van der Waals surface area contributed by atoms with Crippen LogP contribution in [0.1, 0.15) is 5.01 Å². The Hall–Kier alpha value is 0.250. The second-order valence-electron chi connectivity index (χ2n) is 1.39. The Kier molecular flexibility index (Phi) is 2.80. The molecular weight excluding hydrogens is 251 g/mol. The molecule has 0 amide bonds. The van der Waals surface area contributed by atoms with Crippen molar-refractivity contribution < 1.29 is 4.74 Å². The topological polar surface area (TPSA) is 35.0 Å². The van der Waals surface area contributed by atoms with Gasteiger partial charge in [-0.2, -0.15) is 4.37 Å². The van der Waals surface area contributed by atoms with Gasteiger partial charge >= 0.3 is 0 Å². The van der Waals surface area contributed by atoms with Crippen molar-refractivity contribution in [1.82, 2.24) is 9.36 Å². The van der Waals surface area contributed by atoms with Gasteiger partial charge in [0.05, 0.1) is 6.61 Å². The quantitative estimate of drug-likeness (QED) is 0.748. The molecule has 1 heterocycles. The summed E-state index contributed by atoms with van der Waals surface area (Å²) in [6, 6.07) is 0. The van der Waals surface area contributed by atoms with Crippen LogP contribution in [-0.2, 0) is 11.3 Å². The second kappa shape index (κ2) is 3.43. The molecule has 0 aliphatic heterocycles. The van der Waals surface area contributed by atoms with Crippen LogP contribution in [0, 0.1) is 3.83 Å². The molecule has 0 radical (unpaired) electrons. The highest BCUT2D eigenvalue weighted by atomic mass is 127. The third-order valence-electron chi connectivity index (χ3n) is 0.711. The van der Waals surface area contributed by atoms with E-state index in [1.165, 1.54) is 11.5 Å². The maximum atomic E-state index is 4.85. The Labute approximate surface area is 70.8 Å². The molecule has 50 valence electrons. The zero-order chi connectivity index (χ0) is 6.69. The van der Waals surface area contributed by atoms with Crippen LogP contribution in [0.3, 0.4) is 0 Å². The molecule has 0 atom stereocenters. The van der Waals surface area contributed by atoms with Gasteiger partial charge < -0.3 is 4.74 Å².